The SMILES string of the molecule is Cc1ccc(CCNCC(c2ccc(N(C)C)cc2)N2CCN(c3ccccc3)CC2)cc1.O=C(NCC1CCCN(C2CCN(Cc3ccc(Cl)c(Cl)c3)CC2)C1)C1CCCCC1.[HH].[HH]. The summed E-state index contributed by atoms with van der Waals surface area (Å²) in [6, 6.07) is 35.9. The van der Waals surface area contributed by atoms with E-state index >= 15 is 0 Å². The molecule has 10 heteroatoms. The van der Waals surface area contributed by atoms with Gasteiger partial charge in [-0.3, -0.25) is 19.5 Å². The number of piperazine rings is 1. The molecule has 0 spiro atoms. The fourth-order valence-corrected chi connectivity index (χ4v) is 10.6. The highest BCUT2D eigenvalue weighted by molar-refractivity contribution is 6.42. The molecule has 0 aromatic heterocycles. The van der Waals surface area contributed by atoms with Crippen LogP contribution in [0.2, 0.25) is 10.0 Å². The van der Waals surface area contributed by atoms with Crippen LogP contribution in [0.25, 0.3) is 0 Å². The molecule has 1 aliphatic carbocycles. The van der Waals surface area contributed by atoms with E-state index in [1.54, 1.807) is 0 Å². The highest BCUT2D eigenvalue weighted by Crippen LogP contribution is 2.29. The van der Waals surface area contributed by atoms with E-state index in [2.05, 4.69) is 141 Å². The van der Waals surface area contributed by atoms with Crippen molar-refractivity contribution in [1.82, 2.24) is 25.3 Å². The zero-order valence-electron chi connectivity index (χ0n) is 39.0. The normalized spacial score (nSPS) is 20.0. The molecular weight excluding hydrogens is 834 g/mol. The first-order valence-electron chi connectivity index (χ1n) is 24.4. The lowest BCUT2D eigenvalue weighted by Gasteiger charge is -2.42. The Bertz CT molecular complexity index is 1990. The lowest BCUT2D eigenvalue weighted by molar-refractivity contribution is -0.126. The second-order valence-electron chi connectivity index (χ2n) is 19.1. The molecule has 2 unspecified atom stereocenters. The zero-order chi connectivity index (χ0) is 44.7. The molecule has 3 heterocycles. The van der Waals surface area contributed by atoms with Crippen LogP contribution in [0.1, 0.15) is 88.9 Å². The molecule has 0 bridgehead atoms. The number of rotatable bonds is 15. The van der Waals surface area contributed by atoms with Gasteiger partial charge in [-0.1, -0.05) is 109 Å². The molecular formula is C54H79Cl2N7O. The molecule has 4 aliphatic rings. The molecule has 3 saturated heterocycles. The minimum atomic E-state index is 0. The summed E-state index contributed by atoms with van der Waals surface area (Å²) < 4.78 is 0. The molecule has 1 amide bonds. The van der Waals surface area contributed by atoms with Gasteiger partial charge in [-0.15, -0.1) is 0 Å². The summed E-state index contributed by atoms with van der Waals surface area (Å²) in [6.07, 6.45) is 11.9. The highest BCUT2D eigenvalue weighted by atomic mass is 35.5. The maximum Gasteiger partial charge on any atom is 0.223 e. The summed E-state index contributed by atoms with van der Waals surface area (Å²) in [4.78, 5) is 25.1. The van der Waals surface area contributed by atoms with Crippen LogP contribution in [0.15, 0.2) is 97.1 Å². The van der Waals surface area contributed by atoms with Crippen molar-refractivity contribution in [2.45, 2.75) is 89.8 Å². The lowest BCUT2D eigenvalue weighted by atomic mass is 9.88. The van der Waals surface area contributed by atoms with Gasteiger partial charge < -0.3 is 20.4 Å². The molecule has 8 nitrogen and oxygen atoms in total. The van der Waals surface area contributed by atoms with E-state index in [1.165, 1.54) is 85.1 Å². The second-order valence-corrected chi connectivity index (χ2v) is 20.0. The number of piperidine rings is 2. The number of para-hydroxylation sites is 1. The van der Waals surface area contributed by atoms with Crippen molar-refractivity contribution in [2.75, 3.05) is 95.9 Å². The molecule has 4 aromatic rings. The molecule has 4 fully saturated rings. The number of carbonyl (C=O) groups is 1. The van der Waals surface area contributed by atoms with E-state index in [4.69, 9.17) is 23.2 Å². The molecule has 3 aliphatic heterocycles. The molecule has 4 aromatic carbocycles. The molecule has 350 valence electrons. The number of hydrogen-bond donors (Lipinski definition) is 2. The second kappa shape index (κ2) is 24.8. The number of carbonyl (C=O) groups excluding carboxylic acids is 1. The minimum Gasteiger partial charge on any atom is -0.378 e. The maximum atomic E-state index is 12.5. The van der Waals surface area contributed by atoms with Gasteiger partial charge in [0.1, 0.15) is 0 Å². The van der Waals surface area contributed by atoms with E-state index < -0.39 is 0 Å². The number of halogens is 2. The molecule has 1 saturated carbocycles. The van der Waals surface area contributed by atoms with Gasteiger partial charge >= 0.3 is 0 Å². The monoisotopic (exact) mass is 912 g/mol. The predicted molar refractivity (Wildman–Crippen MR) is 274 cm³/mol. The average molecular weight is 913 g/mol. The van der Waals surface area contributed by atoms with Crippen molar-refractivity contribution in [3.05, 3.63) is 129 Å². The van der Waals surface area contributed by atoms with E-state index in [9.17, 15) is 4.79 Å². The molecule has 64 heavy (non-hydrogen) atoms. The highest BCUT2D eigenvalue weighted by Gasteiger charge is 2.30. The van der Waals surface area contributed by atoms with Crippen LogP contribution in [0.3, 0.4) is 0 Å². The van der Waals surface area contributed by atoms with Gasteiger partial charge in [-0.05, 0) is 137 Å². The Labute approximate surface area is 398 Å². The van der Waals surface area contributed by atoms with Crippen LogP contribution >= 0.6 is 23.2 Å². The molecule has 0 radical (unpaired) electrons. The lowest BCUT2D eigenvalue weighted by Crippen LogP contribution is -2.50. The van der Waals surface area contributed by atoms with Crippen molar-refractivity contribution in [3.63, 3.8) is 0 Å². The Morgan fingerprint density at radius 3 is 2.14 bits per heavy atom. The summed E-state index contributed by atoms with van der Waals surface area (Å²) in [5.74, 6) is 1.19. The Hall–Kier alpha value is -3.63. The standard InChI is InChI=1S/C29H38N4.C25H37Cl2N3O.2H2/c1-24-9-11-25(12-10-24)17-18-30-23-29(26-13-15-27(16-14-26)31(2)3)33-21-19-32(20-22-33)28-7-5-4-6-8-28;26-23-9-8-19(15-24(23)27)17-29-13-10-22(11-14-29)30-12-4-5-20(18-30)16-28-25(31)21-6-2-1-3-7-21;;/h4-16,29-30H,17-23H2,1-3H3;8-9,15,20-22H,1-7,10-14,16-18H2,(H,28,31);2*1H. The summed E-state index contributed by atoms with van der Waals surface area (Å²) >= 11 is 12.2. The summed E-state index contributed by atoms with van der Waals surface area (Å²) in [7, 11) is 4.20. The number of anilines is 2. The summed E-state index contributed by atoms with van der Waals surface area (Å²) in [5.41, 5.74) is 7.94. The van der Waals surface area contributed by atoms with Gasteiger partial charge in [-0.25, -0.2) is 0 Å². The van der Waals surface area contributed by atoms with Crippen molar-refractivity contribution in [3.8, 4) is 0 Å². The predicted octanol–water partition coefficient (Wildman–Crippen LogP) is 10.6. The van der Waals surface area contributed by atoms with Crippen LogP contribution in [0.4, 0.5) is 11.4 Å². The number of likely N-dealkylation sites (tertiary alicyclic amines) is 2. The number of hydrogen-bond acceptors (Lipinski definition) is 7. The number of amides is 1. The van der Waals surface area contributed by atoms with Crippen LogP contribution in [0.5, 0.6) is 0 Å². The van der Waals surface area contributed by atoms with Gasteiger partial charge in [0.05, 0.1) is 10.0 Å². The fourth-order valence-electron chi connectivity index (χ4n) is 10.3. The summed E-state index contributed by atoms with van der Waals surface area (Å²) in [5, 5.41) is 8.32. The number of benzene rings is 4. The van der Waals surface area contributed by atoms with Crippen LogP contribution in [0, 0.1) is 18.8 Å². The maximum absolute atomic E-state index is 12.5. The van der Waals surface area contributed by atoms with Crippen LogP contribution in [-0.2, 0) is 17.8 Å². The first kappa shape index (κ1) is 48.3. The van der Waals surface area contributed by atoms with Crippen molar-refractivity contribution in [1.29, 1.82) is 0 Å². The number of nitrogens with zero attached hydrogens (tertiary/aromatic N) is 5. The van der Waals surface area contributed by atoms with E-state index in [0.29, 0.717) is 34.0 Å². The zero-order valence-corrected chi connectivity index (χ0v) is 40.5. The molecule has 2 atom stereocenters. The van der Waals surface area contributed by atoms with Crippen molar-refractivity contribution >= 4 is 40.5 Å². The topological polar surface area (TPSA) is 57.3 Å². The average Bonchev–Trinajstić information content (AvgIpc) is 3.34. The summed E-state index contributed by atoms with van der Waals surface area (Å²) in [6.45, 7) is 14.8. The fraction of sp³-hybridized carbons (Fsp3) is 0.537. The van der Waals surface area contributed by atoms with Gasteiger partial charge in [0.2, 0.25) is 5.91 Å². The number of nitrogens with one attached hydrogen (secondary N) is 2. The third-order valence-corrected chi connectivity index (χ3v) is 15.0. The minimum absolute atomic E-state index is 0. The van der Waals surface area contributed by atoms with Gasteiger partial charge in [0.15, 0.2) is 0 Å². The Morgan fingerprint density at radius 1 is 0.750 bits per heavy atom. The Balaban J connectivity index is 0.000000241. The number of aryl methyl sites for hydroxylation is 1. The van der Waals surface area contributed by atoms with Crippen LogP contribution < -0.4 is 20.4 Å². The van der Waals surface area contributed by atoms with Gasteiger partial charge in [-0.2, -0.15) is 0 Å². The third kappa shape index (κ3) is 14.4. The third-order valence-electron chi connectivity index (χ3n) is 14.3. The smallest absolute Gasteiger partial charge is 0.223 e. The first-order chi connectivity index (χ1) is 31.2. The van der Waals surface area contributed by atoms with Crippen molar-refractivity contribution in [2.24, 2.45) is 11.8 Å². The first-order valence-corrected chi connectivity index (χ1v) is 25.2. The van der Waals surface area contributed by atoms with E-state index in [-0.39, 0.29) is 8.77 Å². The van der Waals surface area contributed by atoms with Crippen LogP contribution in [-0.4, -0.2) is 113 Å². The molecule has 2 N–H and O–H groups in total. The van der Waals surface area contributed by atoms with Gasteiger partial charge in [0, 0.05) is 98.7 Å². The largest absolute Gasteiger partial charge is 0.378 e. The quantitative estimate of drug-likeness (QED) is 0.115. The van der Waals surface area contributed by atoms with E-state index in [1.807, 2.05) is 12.1 Å². The van der Waals surface area contributed by atoms with Gasteiger partial charge in [0.25, 0.3) is 0 Å². The Kier molecular flexibility index (Phi) is 18.7. The Morgan fingerprint density at radius 2 is 1.45 bits per heavy atom. The van der Waals surface area contributed by atoms with Crippen molar-refractivity contribution < 1.29 is 7.65 Å². The van der Waals surface area contributed by atoms with E-state index in [0.717, 1.165) is 91.3 Å². The molecule has 8 rings (SSSR count).